The van der Waals surface area contributed by atoms with Crippen molar-refractivity contribution in [3.63, 3.8) is 0 Å². The molecule has 202 valence electrons. The number of rotatable bonds is 12. The van der Waals surface area contributed by atoms with Crippen molar-refractivity contribution < 1.29 is 38.2 Å². The molecule has 0 aliphatic rings. The molecule has 11 heteroatoms. The SMILES string of the molecule is CCOC(=O)CCN(OC(=O)C(C)=Cc1ccc(C(=O)Oc2ccc(C(=N)N)cc2)cc1)C(=O)CCOC. The fourth-order valence-electron chi connectivity index (χ4n) is 3.03. The third kappa shape index (κ3) is 9.51. The maximum absolute atomic E-state index is 12.6. The summed E-state index contributed by atoms with van der Waals surface area (Å²) in [6, 6.07) is 12.5. The number of hydroxylamine groups is 2. The van der Waals surface area contributed by atoms with E-state index in [0.29, 0.717) is 16.9 Å². The second kappa shape index (κ2) is 14.9. The van der Waals surface area contributed by atoms with Gasteiger partial charge >= 0.3 is 17.9 Å². The second-order valence-electron chi connectivity index (χ2n) is 7.95. The fourth-order valence-corrected chi connectivity index (χ4v) is 3.03. The van der Waals surface area contributed by atoms with Gasteiger partial charge in [0.2, 0.25) is 0 Å². The standard InChI is InChI=1S/C27H31N3O8/c1-4-36-24(32)13-15-30(23(31)14-16-35-3)38-26(33)18(2)17-19-5-7-21(8-6-19)27(34)37-22-11-9-20(10-12-22)25(28)29/h5-12,17H,4,13-16H2,1-3H3,(H3,28,29). The molecule has 3 N–H and O–H groups in total. The van der Waals surface area contributed by atoms with Crippen molar-refractivity contribution in [3.05, 3.63) is 70.8 Å². The molecule has 0 bridgehead atoms. The highest BCUT2D eigenvalue weighted by Gasteiger charge is 2.21. The van der Waals surface area contributed by atoms with E-state index in [1.807, 2.05) is 0 Å². The number of hydrogen-bond acceptors (Lipinski definition) is 9. The molecule has 11 nitrogen and oxygen atoms in total. The van der Waals surface area contributed by atoms with E-state index in [2.05, 4.69) is 0 Å². The number of carbonyl (C=O) groups is 4. The first-order valence-electron chi connectivity index (χ1n) is 11.8. The lowest BCUT2D eigenvalue weighted by Crippen LogP contribution is -2.36. The first-order valence-corrected chi connectivity index (χ1v) is 11.8. The Balaban J connectivity index is 2.03. The van der Waals surface area contributed by atoms with Gasteiger partial charge in [-0.3, -0.25) is 15.0 Å². The van der Waals surface area contributed by atoms with Gasteiger partial charge in [-0.15, -0.1) is 0 Å². The number of methoxy groups -OCH3 is 1. The minimum absolute atomic E-state index is 0.0339. The molecule has 0 spiro atoms. The van der Waals surface area contributed by atoms with Gasteiger partial charge in [-0.1, -0.05) is 12.1 Å². The summed E-state index contributed by atoms with van der Waals surface area (Å²) in [5.41, 5.74) is 7.00. The van der Waals surface area contributed by atoms with Crippen molar-refractivity contribution in [2.24, 2.45) is 5.73 Å². The molecule has 2 aromatic carbocycles. The van der Waals surface area contributed by atoms with E-state index in [9.17, 15) is 19.2 Å². The summed E-state index contributed by atoms with van der Waals surface area (Å²) in [6.45, 7) is 3.34. The molecule has 0 heterocycles. The Morgan fingerprint density at radius 2 is 1.61 bits per heavy atom. The molecule has 38 heavy (non-hydrogen) atoms. The van der Waals surface area contributed by atoms with Gasteiger partial charge in [0.15, 0.2) is 0 Å². The molecule has 0 saturated carbocycles. The number of ether oxygens (including phenoxy) is 3. The van der Waals surface area contributed by atoms with E-state index in [-0.39, 0.29) is 49.6 Å². The Hall–Kier alpha value is -4.51. The predicted octanol–water partition coefficient (Wildman–Crippen LogP) is 2.87. The van der Waals surface area contributed by atoms with Gasteiger partial charge in [-0.05, 0) is 61.9 Å². The summed E-state index contributed by atoms with van der Waals surface area (Å²) >= 11 is 0. The molecule has 0 radical (unpaired) electrons. The van der Waals surface area contributed by atoms with Crippen LogP contribution in [0.4, 0.5) is 0 Å². The van der Waals surface area contributed by atoms with E-state index in [0.717, 1.165) is 5.06 Å². The minimum Gasteiger partial charge on any atom is -0.466 e. The second-order valence-corrected chi connectivity index (χ2v) is 7.95. The summed E-state index contributed by atoms with van der Waals surface area (Å²) < 4.78 is 15.1. The van der Waals surface area contributed by atoms with Crippen molar-refractivity contribution in [1.29, 1.82) is 5.41 Å². The van der Waals surface area contributed by atoms with Crippen LogP contribution in [0, 0.1) is 5.41 Å². The normalized spacial score (nSPS) is 10.9. The lowest BCUT2D eigenvalue weighted by Gasteiger charge is -2.21. The molecule has 0 aliphatic heterocycles. The van der Waals surface area contributed by atoms with Crippen molar-refractivity contribution in [1.82, 2.24) is 5.06 Å². The molecule has 1 amide bonds. The number of nitrogens with zero attached hydrogens (tertiary/aromatic N) is 1. The van der Waals surface area contributed by atoms with Gasteiger partial charge in [0.05, 0.1) is 38.2 Å². The van der Waals surface area contributed by atoms with Crippen LogP contribution in [-0.2, 0) is 28.7 Å². The van der Waals surface area contributed by atoms with Crippen LogP contribution in [0.3, 0.4) is 0 Å². The number of nitrogens with two attached hydrogens (primary N) is 1. The Bertz CT molecular complexity index is 1170. The molecule has 0 unspecified atom stereocenters. The molecule has 0 fully saturated rings. The molecular formula is C27H31N3O8. The zero-order chi connectivity index (χ0) is 28.1. The van der Waals surface area contributed by atoms with Gasteiger partial charge in [0.25, 0.3) is 5.91 Å². The number of benzene rings is 2. The first kappa shape index (κ1) is 29.7. The van der Waals surface area contributed by atoms with E-state index in [4.69, 9.17) is 30.2 Å². The quantitative estimate of drug-likeness (QED) is 0.106. The summed E-state index contributed by atoms with van der Waals surface area (Å²) in [4.78, 5) is 54.4. The minimum atomic E-state index is -0.780. The van der Waals surface area contributed by atoms with Gasteiger partial charge in [0.1, 0.15) is 11.6 Å². The Morgan fingerprint density at radius 3 is 2.18 bits per heavy atom. The van der Waals surface area contributed by atoms with Crippen LogP contribution in [-0.4, -0.2) is 61.6 Å². The van der Waals surface area contributed by atoms with Crippen molar-refractivity contribution >= 4 is 35.7 Å². The van der Waals surface area contributed by atoms with Gasteiger partial charge in [-0.25, -0.2) is 9.59 Å². The molecule has 0 aliphatic carbocycles. The number of amides is 1. The average Bonchev–Trinajstić information content (AvgIpc) is 2.90. The van der Waals surface area contributed by atoms with E-state index in [1.165, 1.54) is 44.4 Å². The number of amidine groups is 1. The van der Waals surface area contributed by atoms with E-state index < -0.39 is 23.8 Å². The third-order valence-electron chi connectivity index (χ3n) is 5.04. The van der Waals surface area contributed by atoms with Gasteiger partial charge < -0.3 is 24.8 Å². The maximum Gasteiger partial charge on any atom is 0.358 e. The molecule has 0 atom stereocenters. The third-order valence-corrected chi connectivity index (χ3v) is 5.04. The highest BCUT2D eigenvalue weighted by molar-refractivity contribution is 5.96. The van der Waals surface area contributed by atoms with E-state index in [1.54, 1.807) is 31.2 Å². The van der Waals surface area contributed by atoms with E-state index >= 15 is 0 Å². The summed E-state index contributed by atoms with van der Waals surface area (Å²) in [5.74, 6) is -2.19. The smallest absolute Gasteiger partial charge is 0.358 e. The zero-order valence-corrected chi connectivity index (χ0v) is 21.5. The van der Waals surface area contributed by atoms with Gasteiger partial charge in [0, 0.05) is 18.2 Å². The average molecular weight is 526 g/mol. The Labute approximate surface area is 220 Å². The van der Waals surface area contributed by atoms with Crippen molar-refractivity contribution in [2.75, 3.05) is 26.9 Å². The van der Waals surface area contributed by atoms with Crippen LogP contribution >= 0.6 is 0 Å². The lowest BCUT2D eigenvalue weighted by atomic mass is 10.1. The number of nitrogen functional groups attached to an aromatic ring is 1. The lowest BCUT2D eigenvalue weighted by molar-refractivity contribution is -0.196. The molecule has 2 aromatic rings. The topological polar surface area (TPSA) is 158 Å². The van der Waals surface area contributed by atoms with Crippen LogP contribution in [0.15, 0.2) is 54.1 Å². The molecule has 0 saturated heterocycles. The summed E-state index contributed by atoms with van der Waals surface area (Å²) in [6.07, 6.45) is 1.36. The van der Waals surface area contributed by atoms with Crippen LogP contribution in [0.5, 0.6) is 5.75 Å². The number of esters is 2. The number of nitrogens with one attached hydrogen (secondary N) is 1. The van der Waals surface area contributed by atoms with Gasteiger partial charge in [-0.2, -0.15) is 5.06 Å². The van der Waals surface area contributed by atoms with Crippen LogP contribution < -0.4 is 10.5 Å². The number of hydrogen-bond donors (Lipinski definition) is 2. The summed E-state index contributed by atoms with van der Waals surface area (Å²) in [7, 11) is 1.44. The monoisotopic (exact) mass is 525 g/mol. The largest absolute Gasteiger partial charge is 0.466 e. The highest BCUT2D eigenvalue weighted by Crippen LogP contribution is 2.16. The van der Waals surface area contributed by atoms with Crippen molar-refractivity contribution in [3.8, 4) is 5.75 Å². The van der Waals surface area contributed by atoms with Crippen LogP contribution in [0.25, 0.3) is 6.08 Å². The predicted molar refractivity (Wildman–Crippen MR) is 138 cm³/mol. The Morgan fingerprint density at radius 1 is 0.974 bits per heavy atom. The Kier molecular flexibility index (Phi) is 11.7. The molecular weight excluding hydrogens is 494 g/mol. The highest BCUT2D eigenvalue weighted by atomic mass is 16.7. The summed E-state index contributed by atoms with van der Waals surface area (Å²) in [5, 5.41) is 8.23. The molecule has 2 rings (SSSR count). The molecule has 0 aromatic heterocycles. The van der Waals surface area contributed by atoms with Crippen LogP contribution in [0.1, 0.15) is 48.2 Å². The number of carbonyl (C=O) groups excluding carboxylic acids is 4. The van der Waals surface area contributed by atoms with Crippen molar-refractivity contribution in [2.45, 2.75) is 26.7 Å². The first-order chi connectivity index (χ1) is 18.1. The van der Waals surface area contributed by atoms with Crippen LogP contribution in [0.2, 0.25) is 0 Å². The fraction of sp³-hybridized carbons (Fsp3) is 0.296. The zero-order valence-electron chi connectivity index (χ0n) is 21.5. The maximum atomic E-state index is 12.6.